The van der Waals surface area contributed by atoms with Gasteiger partial charge in [-0.3, -0.25) is 9.78 Å². The highest BCUT2D eigenvalue weighted by Gasteiger charge is 2.38. The van der Waals surface area contributed by atoms with E-state index in [2.05, 4.69) is 4.98 Å². The molecule has 0 unspecified atom stereocenters. The molecule has 1 saturated heterocycles. The summed E-state index contributed by atoms with van der Waals surface area (Å²) < 4.78 is 51.2. The van der Waals surface area contributed by atoms with Crippen LogP contribution in [0.1, 0.15) is 31.2 Å². The van der Waals surface area contributed by atoms with Crippen molar-refractivity contribution in [2.75, 3.05) is 13.1 Å². The summed E-state index contributed by atoms with van der Waals surface area (Å²) in [5.74, 6) is -0.594. The Hall–Kier alpha value is -1.37. The second kappa shape index (κ2) is 6.40. The van der Waals surface area contributed by atoms with Crippen molar-refractivity contribution in [1.82, 2.24) is 9.88 Å². The predicted molar refractivity (Wildman–Crippen MR) is 73.1 cm³/mol. The molecular weight excluding hydrogens is 324 g/mol. The molecule has 2 heterocycles. The van der Waals surface area contributed by atoms with Crippen LogP contribution in [0, 0.1) is 0 Å². The maximum absolute atomic E-state index is 14.9. The Bertz CT molecular complexity index is 542. The molecule has 1 aliphatic rings. The molecule has 1 fully saturated rings. The first-order chi connectivity index (χ1) is 10.2. The van der Waals surface area contributed by atoms with Crippen LogP contribution in [-0.4, -0.2) is 35.1 Å². The van der Waals surface area contributed by atoms with Crippen molar-refractivity contribution in [3.05, 3.63) is 29.0 Å². The lowest BCUT2D eigenvalue weighted by molar-refractivity contribution is -0.150. The molecule has 1 amide bonds. The Balaban J connectivity index is 1.93. The Kier molecular flexibility index (Phi) is 4.94. The molecule has 0 aliphatic carbocycles. The summed E-state index contributed by atoms with van der Waals surface area (Å²) in [6.07, 6.45) is -3.29. The topological polar surface area (TPSA) is 33.2 Å². The molecule has 0 atom stereocenters. The molecule has 2 rings (SSSR count). The molecule has 0 spiro atoms. The van der Waals surface area contributed by atoms with E-state index in [-0.39, 0.29) is 25.9 Å². The summed E-state index contributed by atoms with van der Waals surface area (Å²) in [5.41, 5.74) is -1.32. The number of halogens is 5. The standard InChI is InChI=1S/C14H15ClF4N2O/c15-11-7-10(8-20-9-11)13(16)3-5-21(6-4-13)12(22)1-2-14(17,18)19/h7-9H,1-6H2. The fourth-order valence-electron chi connectivity index (χ4n) is 2.46. The SMILES string of the molecule is O=C(CCC(F)(F)F)N1CCC(F)(c2cncc(Cl)c2)CC1. The van der Waals surface area contributed by atoms with Crippen molar-refractivity contribution in [1.29, 1.82) is 0 Å². The van der Waals surface area contributed by atoms with E-state index in [0.29, 0.717) is 10.6 Å². The minimum absolute atomic E-state index is 0.0206. The third kappa shape index (κ3) is 4.32. The molecule has 122 valence electrons. The molecule has 3 nitrogen and oxygen atoms in total. The van der Waals surface area contributed by atoms with Crippen LogP contribution in [0.4, 0.5) is 17.6 Å². The average Bonchev–Trinajstić information content (AvgIpc) is 2.45. The second-order valence-electron chi connectivity index (χ2n) is 5.35. The highest BCUT2D eigenvalue weighted by Crippen LogP contribution is 2.37. The molecule has 1 aromatic rings. The summed E-state index contributed by atoms with van der Waals surface area (Å²) in [7, 11) is 0. The maximum atomic E-state index is 14.9. The first kappa shape index (κ1) is 17.0. The normalized spacial score (nSPS) is 18.3. The fourth-order valence-corrected chi connectivity index (χ4v) is 2.64. The van der Waals surface area contributed by atoms with Gasteiger partial charge in [-0.15, -0.1) is 0 Å². The second-order valence-corrected chi connectivity index (χ2v) is 5.79. The van der Waals surface area contributed by atoms with Gasteiger partial charge in [-0.05, 0) is 6.07 Å². The van der Waals surface area contributed by atoms with Crippen molar-refractivity contribution in [2.45, 2.75) is 37.5 Å². The zero-order valence-corrected chi connectivity index (χ0v) is 12.4. The number of likely N-dealkylation sites (tertiary alicyclic amines) is 1. The van der Waals surface area contributed by atoms with Crippen LogP contribution in [0.5, 0.6) is 0 Å². The quantitative estimate of drug-likeness (QED) is 0.784. The number of piperidine rings is 1. The summed E-state index contributed by atoms with van der Waals surface area (Å²) in [4.78, 5) is 16.8. The Morgan fingerprint density at radius 2 is 1.95 bits per heavy atom. The minimum Gasteiger partial charge on any atom is -0.342 e. The number of aromatic nitrogens is 1. The Labute approximate surface area is 130 Å². The number of carbonyl (C=O) groups is 1. The third-order valence-electron chi connectivity index (χ3n) is 3.75. The van der Waals surface area contributed by atoms with Crippen LogP contribution in [-0.2, 0) is 10.5 Å². The van der Waals surface area contributed by atoms with E-state index in [9.17, 15) is 22.4 Å². The number of alkyl halides is 4. The Morgan fingerprint density at radius 3 is 2.50 bits per heavy atom. The number of hydrogen-bond acceptors (Lipinski definition) is 2. The number of amides is 1. The number of pyridine rings is 1. The largest absolute Gasteiger partial charge is 0.389 e. The van der Waals surface area contributed by atoms with Gasteiger partial charge in [0.25, 0.3) is 0 Å². The lowest BCUT2D eigenvalue weighted by Gasteiger charge is -2.36. The number of nitrogens with zero attached hydrogens (tertiary/aromatic N) is 2. The van der Waals surface area contributed by atoms with Gasteiger partial charge in [0, 0.05) is 50.3 Å². The van der Waals surface area contributed by atoms with Crippen molar-refractivity contribution in [2.24, 2.45) is 0 Å². The van der Waals surface area contributed by atoms with Gasteiger partial charge in [0.05, 0.1) is 11.4 Å². The van der Waals surface area contributed by atoms with Crippen LogP contribution in [0.3, 0.4) is 0 Å². The van der Waals surface area contributed by atoms with Crippen LogP contribution in [0.25, 0.3) is 0 Å². The molecule has 0 N–H and O–H groups in total. The van der Waals surface area contributed by atoms with Crippen LogP contribution < -0.4 is 0 Å². The van der Waals surface area contributed by atoms with E-state index in [1.165, 1.54) is 23.4 Å². The van der Waals surface area contributed by atoms with Crippen molar-refractivity contribution >= 4 is 17.5 Å². The van der Waals surface area contributed by atoms with E-state index in [1.807, 2.05) is 0 Å². The lowest BCUT2D eigenvalue weighted by atomic mass is 9.87. The van der Waals surface area contributed by atoms with E-state index in [4.69, 9.17) is 11.6 Å². The third-order valence-corrected chi connectivity index (χ3v) is 3.96. The molecule has 0 saturated carbocycles. The monoisotopic (exact) mass is 338 g/mol. The number of carbonyl (C=O) groups excluding carboxylic acids is 1. The van der Waals surface area contributed by atoms with Crippen LogP contribution >= 0.6 is 11.6 Å². The maximum Gasteiger partial charge on any atom is 0.389 e. The van der Waals surface area contributed by atoms with Crippen LogP contribution in [0.15, 0.2) is 18.5 Å². The van der Waals surface area contributed by atoms with Crippen molar-refractivity contribution in [3.63, 3.8) is 0 Å². The van der Waals surface area contributed by atoms with Gasteiger partial charge >= 0.3 is 6.18 Å². The summed E-state index contributed by atoms with van der Waals surface area (Å²) in [6.45, 7) is 0.166. The van der Waals surface area contributed by atoms with Gasteiger partial charge < -0.3 is 4.90 Å². The molecule has 1 aliphatic heterocycles. The Morgan fingerprint density at radius 1 is 1.32 bits per heavy atom. The zero-order valence-electron chi connectivity index (χ0n) is 11.7. The van der Waals surface area contributed by atoms with E-state index in [0.717, 1.165) is 0 Å². The van der Waals surface area contributed by atoms with Gasteiger partial charge in [-0.25, -0.2) is 4.39 Å². The van der Waals surface area contributed by atoms with Gasteiger partial charge in [0.2, 0.25) is 5.91 Å². The number of rotatable bonds is 3. The van der Waals surface area contributed by atoms with E-state index < -0.39 is 30.6 Å². The summed E-state index contributed by atoms with van der Waals surface area (Å²) in [5, 5.41) is 0.318. The van der Waals surface area contributed by atoms with E-state index >= 15 is 0 Å². The van der Waals surface area contributed by atoms with E-state index in [1.54, 1.807) is 0 Å². The van der Waals surface area contributed by atoms with Crippen molar-refractivity contribution < 1.29 is 22.4 Å². The lowest BCUT2D eigenvalue weighted by Crippen LogP contribution is -2.43. The summed E-state index contributed by atoms with van der Waals surface area (Å²) in [6, 6.07) is 1.48. The molecular formula is C14H15ClF4N2O. The van der Waals surface area contributed by atoms with Crippen LogP contribution in [0.2, 0.25) is 5.02 Å². The highest BCUT2D eigenvalue weighted by atomic mass is 35.5. The van der Waals surface area contributed by atoms with Gasteiger partial charge in [0.1, 0.15) is 5.67 Å². The minimum atomic E-state index is -4.36. The molecule has 0 radical (unpaired) electrons. The van der Waals surface area contributed by atoms with Gasteiger partial charge in [-0.2, -0.15) is 13.2 Å². The predicted octanol–water partition coefficient (Wildman–Crippen LogP) is 3.86. The molecule has 1 aromatic heterocycles. The summed E-state index contributed by atoms with van der Waals surface area (Å²) >= 11 is 5.79. The smallest absolute Gasteiger partial charge is 0.342 e. The molecule has 22 heavy (non-hydrogen) atoms. The average molecular weight is 339 g/mol. The first-order valence-electron chi connectivity index (χ1n) is 6.84. The van der Waals surface area contributed by atoms with Gasteiger partial charge in [-0.1, -0.05) is 11.6 Å². The molecule has 8 heteroatoms. The number of hydrogen-bond donors (Lipinski definition) is 0. The highest BCUT2D eigenvalue weighted by molar-refractivity contribution is 6.30. The molecule has 0 aromatic carbocycles. The zero-order chi connectivity index (χ0) is 16.4. The fraction of sp³-hybridized carbons (Fsp3) is 0.571. The first-order valence-corrected chi connectivity index (χ1v) is 7.22. The molecule has 0 bridgehead atoms. The van der Waals surface area contributed by atoms with Gasteiger partial charge in [0.15, 0.2) is 0 Å². The van der Waals surface area contributed by atoms with Crippen molar-refractivity contribution in [3.8, 4) is 0 Å².